The predicted molar refractivity (Wildman–Crippen MR) is 159 cm³/mol. The SMILES string of the molecule is CCC1OC(=O)C(C)C(O)C(C)CC(C)(OC)CC(C)C(=O)C(C)C2C(SCCCc3ccccn3)C(=O)OC12C. The summed E-state index contributed by atoms with van der Waals surface area (Å²) in [6.45, 7) is 13.0. The average Bonchev–Trinajstić information content (AvgIpc) is 3.21. The first-order valence-electron chi connectivity index (χ1n) is 15.0. The van der Waals surface area contributed by atoms with Gasteiger partial charge in [-0.3, -0.25) is 19.4 Å². The van der Waals surface area contributed by atoms with Crippen LogP contribution in [0, 0.1) is 29.6 Å². The monoisotopic (exact) mass is 591 g/mol. The van der Waals surface area contributed by atoms with Gasteiger partial charge in [0.25, 0.3) is 0 Å². The van der Waals surface area contributed by atoms with Gasteiger partial charge in [-0.1, -0.05) is 33.8 Å². The number of cyclic esters (lactones) is 1. The summed E-state index contributed by atoms with van der Waals surface area (Å²) in [5, 5.41) is 10.5. The number of ether oxygens (including phenoxy) is 3. The smallest absolute Gasteiger partial charge is 0.320 e. The molecular weight excluding hydrogens is 542 g/mol. The molecule has 0 bridgehead atoms. The Morgan fingerprint density at radius 2 is 1.78 bits per heavy atom. The number of carbonyl (C=O) groups excluding carboxylic acids is 3. The van der Waals surface area contributed by atoms with E-state index in [-0.39, 0.29) is 23.6 Å². The minimum Gasteiger partial charge on any atom is -0.458 e. The lowest BCUT2D eigenvalue weighted by molar-refractivity contribution is -0.186. The third-order valence-electron chi connectivity index (χ3n) is 9.33. The molecule has 2 saturated heterocycles. The molecule has 2 aliphatic rings. The van der Waals surface area contributed by atoms with Gasteiger partial charge in [-0.05, 0) is 76.7 Å². The summed E-state index contributed by atoms with van der Waals surface area (Å²) < 4.78 is 18.0. The van der Waals surface area contributed by atoms with E-state index in [2.05, 4.69) is 4.98 Å². The molecule has 41 heavy (non-hydrogen) atoms. The molecule has 9 heteroatoms. The molecule has 8 nitrogen and oxygen atoms in total. The second kappa shape index (κ2) is 14.0. The minimum absolute atomic E-state index is 0.0293. The van der Waals surface area contributed by atoms with Gasteiger partial charge in [-0.2, -0.15) is 0 Å². The van der Waals surface area contributed by atoms with Crippen molar-refractivity contribution in [2.75, 3.05) is 12.9 Å². The van der Waals surface area contributed by atoms with Gasteiger partial charge in [0.1, 0.15) is 17.1 Å². The number of hydrogen-bond acceptors (Lipinski definition) is 9. The zero-order chi connectivity index (χ0) is 30.5. The number of aromatic nitrogens is 1. The van der Waals surface area contributed by atoms with E-state index >= 15 is 0 Å². The number of pyridine rings is 1. The first kappa shape index (κ1) is 33.5. The van der Waals surface area contributed by atoms with Gasteiger partial charge in [0.15, 0.2) is 5.60 Å². The fourth-order valence-corrected chi connectivity index (χ4v) is 8.38. The topological polar surface area (TPSA) is 112 Å². The summed E-state index contributed by atoms with van der Waals surface area (Å²) in [7, 11) is 1.62. The van der Waals surface area contributed by atoms with Crippen molar-refractivity contribution in [3.63, 3.8) is 0 Å². The Morgan fingerprint density at radius 1 is 1.07 bits per heavy atom. The molecule has 230 valence electrons. The van der Waals surface area contributed by atoms with E-state index in [0.717, 1.165) is 18.5 Å². The molecule has 10 atom stereocenters. The molecule has 0 amide bonds. The molecule has 0 saturated carbocycles. The number of methoxy groups -OCH3 is 1. The second-order valence-corrected chi connectivity index (χ2v) is 13.8. The summed E-state index contributed by atoms with van der Waals surface area (Å²) in [6, 6.07) is 5.83. The van der Waals surface area contributed by atoms with Crippen LogP contribution in [-0.2, 0) is 35.0 Å². The van der Waals surface area contributed by atoms with Crippen LogP contribution in [0.25, 0.3) is 0 Å². The Morgan fingerprint density at radius 3 is 2.39 bits per heavy atom. The Bertz CT molecular complexity index is 1050. The van der Waals surface area contributed by atoms with Crippen LogP contribution >= 0.6 is 11.8 Å². The van der Waals surface area contributed by atoms with Gasteiger partial charge in [0.2, 0.25) is 0 Å². The number of Topliss-reactive ketones (excluding diaryl/α,β-unsaturated/α-hetero) is 1. The van der Waals surface area contributed by atoms with Crippen LogP contribution in [0.5, 0.6) is 0 Å². The van der Waals surface area contributed by atoms with Crippen LogP contribution < -0.4 is 0 Å². The first-order valence-corrected chi connectivity index (χ1v) is 16.0. The zero-order valence-corrected chi connectivity index (χ0v) is 26.7. The van der Waals surface area contributed by atoms with Crippen molar-refractivity contribution in [2.24, 2.45) is 29.6 Å². The largest absolute Gasteiger partial charge is 0.458 e. The minimum atomic E-state index is -1.19. The fourth-order valence-electron chi connectivity index (χ4n) is 6.92. The van der Waals surface area contributed by atoms with Crippen molar-refractivity contribution in [3.05, 3.63) is 30.1 Å². The Hall–Kier alpha value is -1.97. The molecule has 0 aromatic carbocycles. The van der Waals surface area contributed by atoms with Crippen molar-refractivity contribution in [2.45, 2.75) is 109 Å². The van der Waals surface area contributed by atoms with E-state index in [1.54, 1.807) is 27.2 Å². The maximum absolute atomic E-state index is 14.0. The van der Waals surface area contributed by atoms with E-state index in [1.165, 1.54) is 11.8 Å². The predicted octanol–water partition coefficient (Wildman–Crippen LogP) is 5.04. The number of rotatable bonds is 7. The van der Waals surface area contributed by atoms with Crippen LogP contribution in [0.1, 0.15) is 79.8 Å². The Balaban J connectivity index is 1.96. The summed E-state index contributed by atoms with van der Waals surface area (Å²) in [4.78, 5) is 45.2. The maximum Gasteiger partial charge on any atom is 0.320 e. The Kier molecular flexibility index (Phi) is 11.5. The molecular formula is C32H49NO7S. The Labute approximate surface area is 249 Å². The summed E-state index contributed by atoms with van der Waals surface area (Å²) >= 11 is 1.51. The van der Waals surface area contributed by atoms with Crippen molar-refractivity contribution >= 4 is 29.5 Å². The molecule has 1 N–H and O–H groups in total. The number of esters is 2. The molecule has 0 aliphatic carbocycles. The highest BCUT2D eigenvalue weighted by Gasteiger charge is 2.61. The third kappa shape index (κ3) is 7.52. The van der Waals surface area contributed by atoms with Crippen LogP contribution in [-0.4, -0.2) is 69.3 Å². The normalized spacial score (nSPS) is 39.0. The molecule has 3 rings (SSSR count). The highest BCUT2D eigenvalue weighted by molar-refractivity contribution is 8.00. The highest BCUT2D eigenvalue weighted by Crippen LogP contribution is 2.48. The number of hydrogen-bond donors (Lipinski definition) is 1. The van der Waals surface area contributed by atoms with Crippen molar-refractivity contribution in [1.29, 1.82) is 0 Å². The van der Waals surface area contributed by atoms with Crippen molar-refractivity contribution in [1.82, 2.24) is 4.98 Å². The van der Waals surface area contributed by atoms with Gasteiger partial charge in [-0.25, -0.2) is 0 Å². The number of aryl methyl sites for hydroxylation is 1. The fraction of sp³-hybridized carbons (Fsp3) is 0.750. The van der Waals surface area contributed by atoms with Crippen LogP contribution in [0.3, 0.4) is 0 Å². The number of thioether (sulfide) groups is 1. The zero-order valence-electron chi connectivity index (χ0n) is 25.9. The molecule has 0 radical (unpaired) electrons. The first-order chi connectivity index (χ1) is 19.3. The number of carbonyl (C=O) groups is 3. The summed E-state index contributed by atoms with van der Waals surface area (Å²) in [5.41, 5.74) is -0.883. The number of ketones is 1. The number of aliphatic hydroxyl groups excluding tert-OH is 1. The van der Waals surface area contributed by atoms with Gasteiger partial charge >= 0.3 is 11.9 Å². The molecule has 1 aromatic heterocycles. The van der Waals surface area contributed by atoms with E-state index < -0.39 is 52.4 Å². The van der Waals surface area contributed by atoms with E-state index in [4.69, 9.17) is 14.2 Å². The van der Waals surface area contributed by atoms with Gasteiger partial charge in [0.05, 0.1) is 17.6 Å². The van der Waals surface area contributed by atoms with E-state index in [9.17, 15) is 19.5 Å². The van der Waals surface area contributed by atoms with Gasteiger partial charge < -0.3 is 19.3 Å². The van der Waals surface area contributed by atoms with E-state index in [0.29, 0.717) is 25.0 Å². The quantitative estimate of drug-likeness (QED) is 0.344. The van der Waals surface area contributed by atoms with Crippen LogP contribution in [0.4, 0.5) is 0 Å². The number of fused-ring (bicyclic) bond motifs is 1. The van der Waals surface area contributed by atoms with Crippen LogP contribution in [0.2, 0.25) is 0 Å². The summed E-state index contributed by atoms with van der Waals surface area (Å²) in [6.07, 6.45) is 2.99. The molecule has 2 fully saturated rings. The van der Waals surface area contributed by atoms with Crippen molar-refractivity contribution < 1.29 is 33.7 Å². The average molecular weight is 592 g/mol. The lowest BCUT2D eigenvalue weighted by atomic mass is 9.70. The molecule has 3 heterocycles. The molecule has 0 spiro atoms. The maximum atomic E-state index is 14.0. The molecule has 10 unspecified atom stereocenters. The number of aliphatic hydroxyl groups is 1. The lowest BCUT2D eigenvalue weighted by Gasteiger charge is -2.42. The second-order valence-electron chi connectivity index (χ2n) is 12.6. The number of nitrogens with zero attached hydrogens (tertiary/aromatic N) is 1. The lowest BCUT2D eigenvalue weighted by Crippen LogP contribution is -2.53. The van der Waals surface area contributed by atoms with Crippen molar-refractivity contribution in [3.8, 4) is 0 Å². The van der Waals surface area contributed by atoms with E-state index in [1.807, 2.05) is 52.8 Å². The van der Waals surface area contributed by atoms with Gasteiger partial charge in [0, 0.05) is 36.8 Å². The third-order valence-corrected chi connectivity index (χ3v) is 10.7. The van der Waals surface area contributed by atoms with Crippen LogP contribution in [0.15, 0.2) is 24.4 Å². The van der Waals surface area contributed by atoms with Gasteiger partial charge in [-0.15, -0.1) is 11.8 Å². The highest BCUT2D eigenvalue weighted by atomic mass is 32.2. The molecule has 1 aromatic rings. The summed E-state index contributed by atoms with van der Waals surface area (Å²) in [5.74, 6) is -2.62. The standard InChI is InChI=1S/C32H49NO7S/c1-9-24-32(7)25(28(30(37)40-32)41-16-12-14-23-13-10-11-15-33-23)21(4)26(34)19(2)17-31(6,38-8)18-20(3)27(35)22(5)29(36)39-24/h10-11,13,15,19-22,24-25,27-28,35H,9,12,14,16-18H2,1-8H3. The molecule has 2 aliphatic heterocycles.